The first-order chi connectivity index (χ1) is 12.8. The smallest absolute Gasteiger partial charge is 0.0201 e. The first-order valence-corrected chi connectivity index (χ1v) is 10.4. The van der Waals surface area contributed by atoms with Gasteiger partial charge in [-0.05, 0) is 55.2 Å². The fraction of sp³-hybridized carbons (Fsp3) is 0.0800. The highest BCUT2D eigenvalue weighted by Gasteiger charge is 2.39. The van der Waals surface area contributed by atoms with Crippen molar-refractivity contribution in [3.05, 3.63) is 127 Å². The van der Waals surface area contributed by atoms with E-state index in [9.17, 15) is 0 Å². The van der Waals surface area contributed by atoms with Crippen molar-refractivity contribution >= 4 is 18.5 Å². The molecule has 3 aromatic carbocycles. The molecule has 0 aliphatic heterocycles. The summed E-state index contributed by atoms with van der Waals surface area (Å²) >= 11 is 0. The van der Waals surface area contributed by atoms with Crippen molar-refractivity contribution in [3.8, 4) is 0 Å². The Balaban J connectivity index is 1.71. The Morgan fingerprint density at radius 1 is 0.615 bits per heavy atom. The number of rotatable bonds is 5. The average Bonchev–Trinajstić information content (AvgIpc) is 3.19. The lowest BCUT2D eigenvalue weighted by Gasteiger charge is -2.32. The maximum Gasteiger partial charge on any atom is 0.0201 e. The summed E-state index contributed by atoms with van der Waals surface area (Å²) in [6.07, 6.45) is 6.83. The quantitative estimate of drug-likeness (QED) is 0.520. The van der Waals surface area contributed by atoms with Gasteiger partial charge < -0.3 is 0 Å². The molecule has 0 nitrogen and oxygen atoms in total. The van der Waals surface area contributed by atoms with Crippen LogP contribution in [0.25, 0.3) is 0 Å². The molecule has 0 heterocycles. The molecule has 1 saturated carbocycles. The van der Waals surface area contributed by atoms with E-state index < -0.39 is 7.92 Å². The molecule has 1 fully saturated rings. The van der Waals surface area contributed by atoms with Gasteiger partial charge in [0.25, 0.3) is 0 Å². The summed E-state index contributed by atoms with van der Waals surface area (Å²) in [4.78, 5) is 0. The fourth-order valence-corrected chi connectivity index (χ4v) is 6.05. The predicted octanol–water partition coefficient (Wildman–Crippen LogP) is 5.66. The van der Waals surface area contributed by atoms with E-state index in [1.54, 1.807) is 0 Å². The second-order valence-corrected chi connectivity index (χ2v) is 8.69. The molecule has 0 amide bonds. The topological polar surface area (TPSA) is 0 Å². The summed E-state index contributed by atoms with van der Waals surface area (Å²) < 4.78 is 0. The molecule has 5 radical (unpaired) electrons. The Kier molecular flexibility index (Phi) is 5.51. The van der Waals surface area contributed by atoms with E-state index in [1.807, 2.05) is 0 Å². The lowest BCUT2D eigenvalue weighted by Crippen LogP contribution is -2.21. The van der Waals surface area contributed by atoms with Crippen molar-refractivity contribution < 1.29 is 0 Å². The van der Waals surface area contributed by atoms with E-state index in [0.717, 1.165) is 0 Å². The summed E-state index contributed by atoms with van der Waals surface area (Å²) in [6, 6.07) is 32.7. The van der Waals surface area contributed by atoms with Crippen LogP contribution in [0.4, 0.5) is 0 Å². The number of hydrogen-bond acceptors (Lipinski definition) is 0. The molecule has 1 aliphatic carbocycles. The van der Waals surface area contributed by atoms with Gasteiger partial charge in [-0.25, -0.2) is 0 Å². The fourth-order valence-electron chi connectivity index (χ4n) is 3.50. The van der Waals surface area contributed by atoms with Crippen molar-refractivity contribution in [2.75, 3.05) is 0 Å². The van der Waals surface area contributed by atoms with Crippen molar-refractivity contribution in [1.82, 2.24) is 0 Å². The van der Waals surface area contributed by atoms with Crippen molar-refractivity contribution in [1.29, 1.82) is 0 Å². The molecular weight excluding hydrogens is 331 g/mol. The SMILES string of the molecule is C[C@@H]([C]1[CH][CH][CH][C]1P(c1ccccc1)c1ccccc1)c1ccccc1. The van der Waals surface area contributed by atoms with Crippen LogP contribution in [0.15, 0.2) is 91.0 Å². The molecule has 127 valence electrons. The average molecular weight is 353 g/mol. The first-order valence-electron chi connectivity index (χ1n) is 9.05. The Hall–Kier alpha value is -1.91. The van der Waals surface area contributed by atoms with Gasteiger partial charge in [0.2, 0.25) is 0 Å². The highest BCUT2D eigenvalue weighted by molar-refractivity contribution is 7.76. The minimum Gasteiger partial charge on any atom is -0.0622 e. The molecule has 26 heavy (non-hydrogen) atoms. The van der Waals surface area contributed by atoms with Gasteiger partial charge >= 0.3 is 0 Å². The van der Waals surface area contributed by atoms with E-state index in [4.69, 9.17) is 0 Å². The Bertz CT molecular complexity index is 758. The molecule has 1 aliphatic rings. The van der Waals surface area contributed by atoms with E-state index in [0.29, 0.717) is 5.92 Å². The largest absolute Gasteiger partial charge is 0.0622 e. The van der Waals surface area contributed by atoms with Crippen LogP contribution in [0.3, 0.4) is 0 Å². The van der Waals surface area contributed by atoms with Gasteiger partial charge in [0, 0.05) is 5.66 Å². The van der Waals surface area contributed by atoms with Gasteiger partial charge in [-0.15, -0.1) is 0 Å². The molecule has 3 aromatic rings. The van der Waals surface area contributed by atoms with E-state index in [1.165, 1.54) is 27.7 Å². The van der Waals surface area contributed by atoms with Crippen LogP contribution in [-0.2, 0) is 0 Å². The molecule has 0 unspecified atom stereocenters. The molecule has 0 bridgehead atoms. The Morgan fingerprint density at radius 3 is 1.65 bits per heavy atom. The van der Waals surface area contributed by atoms with Gasteiger partial charge in [-0.3, -0.25) is 0 Å². The van der Waals surface area contributed by atoms with Gasteiger partial charge in [0.15, 0.2) is 0 Å². The highest BCUT2D eigenvalue weighted by Crippen LogP contribution is 2.59. The minimum absolute atomic E-state index is 0.388. The zero-order valence-corrected chi connectivity index (χ0v) is 15.8. The van der Waals surface area contributed by atoms with Gasteiger partial charge in [0.1, 0.15) is 0 Å². The van der Waals surface area contributed by atoms with Crippen LogP contribution >= 0.6 is 7.92 Å². The molecule has 4 rings (SSSR count). The van der Waals surface area contributed by atoms with Gasteiger partial charge in [0.05, 0.1) is 0 Å². The zero-order valence-electron chi connectivity index (χ0n) is 14.9. The second kappa shape index (κ2) is 8.19. The van der Waals surface area contributed by atoms with Crippen LogP contribution in [0.1, 0.15) is 18.4 Å². The number of hydrogen-bond donors (Lipinski definition) is 0. The lowest BCUT2D eigenvalue weighted by molar-refractivity contribution is 0.818. The van der Waals surface area contributed by atoms with E-state index in [-0.39, 0.29) is 0 Å². The third-order valence-electron chi connectivity index (χ3n) is 4.86. The van der Waals surface area contributed by atoms with Crippen LogP contribution in [-0.4, -0.2) is 0 Å². The van der Waals surface area contributed by atoms with E-state index >= 15 is 0 Å². The van der Waals surface area contributed by atoms with Crippen LogP contribution in [0.5, 0.6) is 0 Å². The first kappa shape index (κ1) is 17.5. The third-order valence-corrected chi connectivity index (χ3v) is 7.38. The monoisotopic (exact) mass is 353 g/mol. The standard InChI is InChI=1S/C25H22P/c1-20(21-12-5-2-6-13-21)24-18-11-19-25(24)26(22-14-7-3-8-15-22)23-16-9-4-10-17-23/h2-20H,1H3/t20-/m1/s1. The molecule has 0 N–H and O–H groups in total. The molecular formula is C25H22P. The molecule has 0 aromatic heterocycles. The van der Waals surface area contributed by atoms with Gasteiger partial charge in [-0.1, -0.05) is 97.9 Å². The van der Waals surface area contributed by atoms with Gasteiger partial charge in [-0.2, -0.15) is 0 Å². The molecule has 0 spiro atoms. The van der Waals surface area contributed by atoms with Crippen LogP contribution in [0.2, 0.25) is 0 Å². The normalized spacial score (nSPS) is 16.8. The Labute approximate surface area is 159 Å². The predicted molar refractivity (Wildman–Crippen MR) is 113 cm³/mol. The van der Waals surface area contributed by atoms with Crippen molar-refractivity contribution in [2.45, 2.75) is 12.8 Å². The van der Waals surface area contributed by atoms with Crippen LogP contribution < -0.4 is 10.6 Å². The minimum atomic E-state index is -0.553. The molecule has 0 saturated heterocycles. The summed E-state index contributed by atoms with van der Waals surface area (Å²) in [5.74, 6) is 1.83. The molecule has 1 heteroatoms. The van der Waals surface area contributed by atoms with Crippen LogP contribution in [0, 0.1) is 30.8 Å². The summed E-state index contributed by atoms with van der Waals surface area (Å²) in [5.41, 5.74) is 2.84. The molecule has 1 atom stereocenters. The zero-order chi connectivity index (χ0) is 17.8. The van der Waals surface area contributed by atoms with Crippen molar-refractivity contribution in [3.63, 3.8) is 0 Å². The maximum absolute atomic E-state index is 2.32. The number of benzene rings is 3. The van der Waals surface area contributed by atoms with Crippen molar-refractivity contribution in [2.24, 2.45) is 0 Å². The Morgan fingerprint density at radius 2 is 1.12 bits per heavy atom. The van der Waals surface area contributed by atoms with E-state index in [2.05, 4.69) is 117 Å². The highest BCUT2D eigenvalue weighted by atomic mass is 31.1. The third kappa shape index (κ3) is 3.62. The second-order valence-electron chi connectivity index (χ2n) is 6.51. The summed E-state index contributed by atoms with van der Waals surface area (Å²) in [5, 5.41) is 2.81. The summed E-state index contributed by atoms with van der Waals surface area (Å²) in [6.45, 7) is 2.32. The lowest BCUT2D eigenvalue weighted by atomic mass is 9.86. The maximum atomic E-state index is 2.32. The summed E-state index contributed by atoms with van der Waals surface area (Å²) in [7, 11) is -0.553.